The lowest BCUT2D eigenvalue weighted by Gasteiger charge is -2.17. The smallest absolute Gasteiger partial charge is 0.417 e. The van der Waals surface area contributed by atoms with Gasteiger partial charge in [0.05, 0.1) is 33.8 Å². The number of nitrogens with one attached hydrogen (secondary N) is 2. The molecule has 10 nitrogen and oxygen atoms in total. The summed E-state index contributed by atoms with van der Waals surface area (Å²) in [4.78, 5) is 48.5. The number of rotatable bonds is 6. The van der Waals surface area contributed by atoms with Crippen molar-refractivity contribution in [1.82, 2.24) is 5.16 Å². The molecule has 3 N–H and O–H groups in total. The number of fused-ring (bicyclic) bond motifs is 1. The summed E-state index contributed by atoms with van der Waals surface area (Å²) in [6, 6.07) is 10.7. The zero-order chi connectivity index (χ0) is 29.4. The van der Waals surface area contributed by atoms with E-state index >= 15 is 0 Å². The number of carboxylic acid groups (broad SMARTS) is 1. The number of carbonyl (C=O) groups excluding carboxylic acids is 3. The molecule has 2 amide bonds. The van der Waals surface area contributed by atoms with Gasteiger partial charge in [-0.15, -0.1) is 0 Å². The molecular weight excluding hydrogens is 533 g/mol. The van der Waals surface area contributed by atoms with Gasteiger partial charge in [-0.25, -0.2) is 4.79 Å². The third kappa shape index (κ3) is 5.37. The summed E-state index contributed by atoms with van der Waals surface area (Å²) in [5.41, 5.74) is -2.87. The number of nitriles is 1. The molecule has 1 heterocycles. The summed E-state index contributed by atoms with van der Waals surface area (Å²) in [5, 5.41) is 26.8. The molecule has 13 heteroatoms. The van der Waals surface area contributed by atoms with Gasteiger partial charge in [-0.3, -0.25) is 14.4 Å². The highest BCUT2D eigenvalue weighted by atomic mass is 19.4. The van der Waals surface area contributed by atoms with Crippen molar-refractivity contribution >= 4 is 45.9 Å². The van der Waals surface area contributed by atoms with Gasteiger partial charge in [0, 0.05) is 18.2 Å². The molecule has 1 aromatic heterocycles. The molecule has 0 aliphatic carbocycles. The van der Waals surface area contributed by atoms with Crippen LogP contribution in [-0.4, -0.2) is 33.8 Å². The van der Waals surface area contributed by atoms with Crippen LogP contribution < -0.4 is 10.6 Å². The molecule has 0 bridgehead atoms. The number of hydrogen-bond acceptors (Lipinski definition) is 7. The Bertz CT molecular complexity index is 1770. The maximum absolute atomic E-state index is 14.0. The standard InChI is InChI=1S/C27H17F3N4O6/c1-12(35)17-9-20-23(10-18(17)16-5-4-15(32-13(2)36)8-21(16)27(28,29)30)40-34-24(20)25(37)33-22-6-3-14(11-31)7-19(22)26(38)39/h3-10H,1-2H3,(H,32,36)(H,33,37)(H,38,39). The van der Waals surface area contributed by atoms with E-state index in [-0.39, 0.29) is 55.9 Å². The van der Waals surface area contributed by atoms with Crippen LogP contribution in [0.4, 0.5) is 24.5 Å². The van der Waals surface area contributed by atoms with Gasteiger partial charge in [0.15, 0.2) is 17.1 Å². The number of halogens is 3. The fourth-order valence-corrected chi connectivity index (χ4v) is 4.04. The molecule has 4 aromatic rings. The maximum atomic E-state index is 14.0. The monoisotopic (exact) mass is 550 g/mol. The number of Topliss-reactive ketones (excluding diaryl/α,β-unsaturated/α-hetero) is 1. The third-order valence-corrected chi connectivity index (χ3v) is 5.77. The van der Waals surface area contributed by atoms with Crippen LogP contribution in [0.15, 0.2) is 53.1 Å². The first kappa shape index (κ1) is 27.5. The lowest BCUT2D eigenvalue weighted by Crippen LogP contribution is -2.15. The van der Waals surface area contributed by atoms with Crippen molar-refractivity contribution < 1.29 is 42.0 Å². The normalized spacial score (nSPS) is 11.1. The van der Waals surface area contributed by atoms with E-state index in [1.807, 2.05) is 0 Å². The number of ketones is 1. The summed E-state index contributed by atoms with van der Waals surface area (Å²) in [5.74, 6) is -3.53. The average Bonchev–Trinajstić information content (AvgIpc) is 3.30. The van der Waals surface area contributed by atoms with Crippen LogP contribution in [-0.2, 0) is 11.0 Å². The van der Waals surface area contributed by atoms with Crippen molar-refractivity contribution in [3.8, 4) is 17.2 Å². The Labute approximate surface area is 223 Å². The van der Waals surface area contributed by atoms with Crippen molar-refractivity contribution in [2.75, 3.05) is 10.6 Å². The fourth-order valence-electron chi connectivity index (χ4n) is 4.04. The van der Waals surface area contributed by atoms with E-state index in [4.69, 9.17) is 9.78 Å². The predicted molar refractivity (Wildman–Crippen MR) is 135 cm³/mol. The van der Waals surface area contributed by atoms with Gasteiger partial charge in [-0.1, -0.05) is 11.2 Å². The summed E-state index contributed by atoms with van der Waals surface area (Å²) in [7, 11) is 0. The second kappa shape index (κ2) is 10.3. The van der Waals surface area contributed by atoms with E-state index in [0.717, 1.165) is 44.2 Å². The molecule has 0 unspecified atom stereocenters. The maximum Gasteiger partial charge on any atom is 0.417 e. The number of carboxylic acids is 1. The predicted octanol–water partition coefficient (Wildman–Crippen LogP) is 5.50. The highest BCUT2D eigenvalue weighted by molar-refractivity contribution is 6.15. The van der Waals surface area contributed by atoms with Crippen LogP contribution in [0.5, 0.6) is 0 Å². The minimum absolute atomic E-state index is 0.0135. The number of carbonyl (C=O) groups is 4. The van der Waals surface area contributed by atoms with Crippen molar-refractivity contribution in [3.05, 3.63) is 76.5 Å². The van der Waals surface area contributed by atoms with Gasteiger partial charge in [0.25, 0.3) is 5.91 Å². The van der Waals surface area contributed by atoms with Crippen molar-refractivity contribution in [1.29, 1.82) is 5.26 Å². The number of anilines is 2. The largest absolute Gasteiger partial charge is 0.478 e. The van der Waals surface area contributed by atoms with Gasteiger partial charge in [-0.2, -0.15) is 18.4 Å². The lowest BCUT2D eigenvalue weighted by atomic mass is 9.91. The second-order valence-corrected chi connectivity index (χ2v) is 8.55. The van der Waals surface area contributed by atoms with Gasteiger partial charge >= 0.3 is 12.1 Å². The first-order valence-corrected chi connectivity index (χ1v) is 11.3. The van der Waals surface area contributed by atoms with Crippen molar-refractivity contribution in [2.45, 2.75) is 20.0 Å². The quantitative estimate of drug-likeness (QED) is 0.265. The van der Waals surface area contributed by atoms with Crippen molar-refractivity contribution in [3.63, 3.8) is 0 Å². The first-order valence-electron chi connectivity index (χ1n) is 11.3. The molecule has 0 saturated carbocycles. The summed E-state index contributed by atoms with van der Waals surface area (Å²) < 4.78 is 47.2. The van der Waals surface area contributed by atoms with Crippen molar-refractivity contribution in [2.24, 2.45) is 0 Å². The minimum Gasteiger partial charge on any atom is -0.478 e. The van der Waals surface area contributed by atoms with E-state index in [1.165, 1.54) is 18.2 Å². The molecule has 0 fully saturated rings. The number of alkyl halides is 3. The van der Waals surface area contributed by atoms with Gasteiger partial charge in [0.1, 0.15) is 0 Å². The topological polar surface area (TPSA) is 162 Å². The molecule has 4 rings (SSSR count). The molecule has 3 aromatic carbocycles. The SMILES string of the molecule is CC(=O)Nc1ccc(-c2cc3onc(C(=O)Nc4ccc(C#N)cc4C(=O)O)c3cc2C(C)=O)c(C(F)(F)F)c1. The first-order chi connectivity index (χ1) is 18.8. The van der Waals surface area contributed by atoms with Gasteiger partial charge in [-0.05, 0) is 60.5 Å². The van der Waals surface area contributed by atoms with Crippen LogP contribution in [0.2, 0.25) is 0 Å². The molecule has 0 radical (unpaired) electrons. The van der Waals surface area contributed by atoms with Gasteiger partial charge in [0.2, 0.25) is 5.91 Å². The van der Waals surface area contributed by atoms with Crippen LogP contribution in [0.3, 0.4) is 0 Å². The molecule has 0 aliphatic rings. The minimum atomic E-state index is -4.86. The summed E-state index contributed by atoms with van der Waals surface area (Å²) in [6.45, 7) is 2.27. The zero-order valence-electron chi connectivity index (χ0n) is 20.6. The lowest BCUT2D eigenvalue weighted by molar-refractivity contribution is -0.137. The number of hydrogen-bond donors (Lipinski definition) is 3. The van der Waals surface area contributed by atoms with E-state index in [1.54, 1.807) is 6.07 Å². The fraction of sp³-hybridized carbons (Fsp3) is 0.111. The molecule has 0 atom stereocenters. The number of aromatic nitrogens is 1. The molecule has 202 valence electrons. The average molecular weight is 550 g/mol. The van der Waals surface area contributed by atoms with E-state index in [9.17, 15) is 37.5 Å². The van der Waals surface area contributed by atoms with E-state index < -0.39 is 35.3 Å². The Morgan fingerprint density at radius 3 is 2.27 bits per heavy atom. The second-order valence-electron chi connectivity index (χ2n) is 8.55. The molecule has 0 spiro atoms. The van der Waals surface area contributed by atoms with E-state index in [2.05, 4.69) is 15.8 Å². The van der Waals surface area contributed by atoms with E-state index in [0.29, 0.717) is 0 Å². The number of nitrogens with zero attached hydrogens (tertiary/aromatic N) is 2. The summed E-state index contributed by atoms with van der Waals surface area (Å²) in [6.07, 6.45) is -4.86. The Hall–Kier alpha value is -5.51. The summed E-state index contributed by atoms with van der Waals surface area (Å²) >= 11 is 0. The Morgan fingerprint density at radius 2 is 1.68 bits per heavy atom. The number of amides is 2. The molecule has 0 saturated heterocycles. The highest BCUT2D eigenvalue weighted by Gasteiger charge is 2.35. The van der Waals surface area contributed by atoms with Crippen LogP contribution in [0.1, 0.15) is 56.2 Å². The van der Waals surface area contributed by atoms with Crippen LogP contribution >= 0.6 is 0 Å². The van der Waals surface area contributed by atoms with Gasteiger partial charge < -0.3 is 20.3 Å². The zero-order valence-corrected chi connectivity index (χ0v) is 20.6. The number of aromatic carboxylic acids is 1. The van der Waals surface area contributed by atoms with Crippen LogP contribution in [0.25, 0.3) is 22.1 Å². The van der Waals surface area contributed by atoms with Crippen LogP contribution in [0, 0.1) is 11.3 Å². The Kier molecular flexibility index (Phi) is 7.11. The molecule has 0 aliphatic heterocycles. The third-order valence-electron chi connectivity index (χ3n) is 5.77. The Morgan fingerprint density at radius 1 is 0.950 bits per heavy atom. The number of benzene rings is 3. The molecule has 40 heavy (non-hydrogen) atoms. The Balaban J connectivity index is 1.83. The highest BCUT2D eigenvalue weighted by Crippen LogP contribution is 2.41. The molecular formula is C27H17F3N4O6.